The number of benzene rings is 3. The molecule has 3 aromatic carbocycles. The molecule has 0 bridgehead atoms. The summed E-state index contributed by atoms with van der Waals surface area (Å²) >= 11 is 6.10. The number of carbonyl (C=O) groups excluding carboxylic acids is 1. The van der Waals surface area contributed by atoms with Crippen LogP contribution in [-0.2, 0) is 0 Å². The van der Waals surface area contributed by atoms with Crippen molar-refractivity contribution in [3.8, 4) is 16.9 Å². The van der Waals surface area contributed by atoms with E-state index in [1.54, 1.807) is 24.4 Å². The molecule has 1 N–H and O–H groups in total. The summed E-state index contributed by atoms with van der Waals surface area (Å²) in [5.74, 6) is 0.248. The number of anilines is 1. The van der Waals surface area contributed by atoms with Crippen LogP contribution in [0.25, 0.3) is 27.8 Å². The summed E-state index contributed by atoms with van der Waals surface area (Å²) in [7, 11) is 0. The van der Waals surface area contributed by atoms with Gasteiger partial charge in [-0.3, -0.25) is 4.79 Å². The Kier molecular flexibility index (Phi) is 6.10. The van der Waals surface area contributed by atoms with Crippen LogP contribution in [-0.4, -0.2) is 20.7 Å². The van der Waals surface area contributed by atoms with Crippen LogP contribution in [0.2, 0.25) is 5.02 Å². The van der Waals surface area contributed by atoms with E-state index in [-0.39, 0.29) is 5.91 Å². The van der Waals surface area contributed by atoms with Crippen molar-refractivity contribution in [1.82, 2.24) is 14.8 Å². The summed E-state index contributed by atoms with van der Waals surface area (Å²) in [5.41, 5.74) is 6.71. The van der Waals surface area contributed by atoms with Crippen molar-refractivity contribution in [2.75, 3.05) is 5.32 Å². The number of aromatic nitrogens is 3. The van der Waals surface area contributed by atoms with Gasteiger partial charge in [0.15, 0.2) is 0 Å². The second-order valence-corrected chi connectivity index (χ2v) is 9.27. The molecule has 174 valence electrons. The molecular weight excluding hydrogens is 456 g/mol. The highest BCUT2D eigenvalue weighted by atomic mass is 35.5. The van der Waals surface area contributed by atoms with Crippen molar-refractivity contribution in [3.05, 3.63) is 107 Å². The summed E-state index contributed by atoms with van der Waals surface area (Å²) in [6.07, 6.45) is 1.81. The first-order valence-corrected chi connectivity index (χ1v) is 11.9. The number of hydrogen-bond donors (Lipinski definition) is 1. The predicted octanol–water partition coefficient (Wildman–Crippen LogP) is 7.43. The lowest BCUT2D eigenvalue weighted by Gasteiger charge is -2.11. The predicted molar refractivity (Wildman–Crippen MR) is 143 cm³/mol. The van der Waals surface area contributed by atoms with E-state index in [9.17, 15) is 4.79 Å². The maximum Gasteiger partial charge on any atom is 0.256 e. The van der Waals surface area contributed by atoms with Crippen LogP contribution in [0.3, 0.4) is 0 Å². The largest absolute Gasteiger partial charge is 0.322 e. The van der Waals surface area contributed by atoms with Gasteiger partial charge in [0.05, 0.1) is 34.4 Å². The van der Waals surface area contributed by atoms with Crippen LogP contribution >= 0.6 is 11.6 Å². The van der Waals surface area contributed by atoms with Gasteiger partial charge in [0.1, 0.15) is 0 Å². The third-order valence-electron chi connectivity index (χ3n) is 6.13. The summed E-state index contributed by atoms with van der Waals surface area (Å²) in [4.78, 5) is 18.2. The number of nitrogens with zero attached hydrogens (tertiary/aromatic N) is 3. The molecule has 6 heteroatoms. The van der Waals surface area contributed by atoms with Gasteiger partial charge in [0.2, 0.25) is 0 Å². The number of nitrogens with one attached hydrogen (secondary N) is 1. The standard InChI is InChI=1S/C29H25ClN4O/c1-18(2)20-11-13-23(14-12-20)34-19(3)26(17-31-34)28-16-25(24-9-4-5-10-27(24)33-28)29(35)32-22-8-6-7-21(30)15-22/h4-18H,1-3H3,(H,32,35). The number of halogens is 1. The Labute approximate surface area is 209 Å². The fourth-order valence-corrected chi connectivity index (χ4v) is 4.38. The Hall–Kier alpha value is -3.96. The Bertz CT molecular complexity index is 1540. The van der Waals surface area contributed by atoms with E-state index >= 15 is 0 Å². The first-order valence-electron chi connectivity index (χ1n) is 11.5. The number of rotatable bonds is 5. The van der Waals surface area contributed by atoms with E-state index < -0.39 is 0 Å². The number of carbonyl (C=O) groups is 1. The molecule has 0 fully saturated rings. The fourth-order valence-electron chi connectivity index (χ4n) is 4.19. The Morgan fingerprint density at radius 3 is 2.49 bits per heavy atom. The number of fused-ring (bicyclic) bond motifs is 1. The molecule has 35 heavy (non-hydrogen) atoms. The van der Waals surface area contributed by atoms with Gasteiger partial charge in [-0.05, 0) is 60.9 Å². The van der Waals surface area contributed by atoms with E-state index in [2.05, 4.69) is 48.5 Å². The normalized spacial score (nSPS) is 11.2. The molecule has 0 spiro atoms. The summed E-state index contributed by atoms with van der Waals surface area (Å²) in [6, 6.07) is 25.0. The summed E-state index contributed by atoms with van der Waals surface area (Å²) in [5, 5.41) is 8.93. The highest BCUT2D eigenvalue weighted by molar-refractivity contribution is 6.31. The van der Waals surface area contributed by atoms with Crippen LogP contribution in [0.1, 0.15) is 41.4 Å². The molecule has 2 aromatic heterocycles. The molecule has 0 atom stereocenters. The van der Waals surface area contributed by atoms with Crippen LogP contribution in [0.15, 0.2) is 85.1 Å². The van der Waals surface area contributed by atoms with Gasteiger partial charge >= 0.3 is 0 Å². The zero-order valence-electron chi connectivity index (χ0n) is 19.8. The minimum absolute atomic E-state index is 0.221. The molecule has 5 nitrogen and oxygen atoms in total. The monoisotopic (exact) mass is 480 g/mol. The molecule has 0 aliphatic rings. The first-order chi connectivity index (χ1) is 16.9. The average molecular weight is 481 g/mol. The van der Waals surface area contributed by atoms with Gasteiger partial charge < -0.3 is 5.32 Å². The van der Waals surface area contributed by atoms with Crippen LogP contribution < -0.4 is 5.32 Å². The van der Waals surface area contributed by atoms with Gasteiger partial charge in [0, 0.05) is 21.7 Å². The topological polar surface area (TPSA) is 59.8 Å². The highest BCUT2D eigenvalue weighted by Crippen LogP contribution is 2.29. The van der Waals surface area contributed by atoms with E-state index in [1.807, 2.05) is 48.0 Å². The smallest absolute Gasteiger partial charge is 0.256 e. The van der Waals surface area contributed by atoms with E-state index in [0.717, 1.165) is 27.8 Å². The third kappa shape index (κ3) is 4.55. The molecular formula is C29H25ClN4O. The molecule has 0 aliphatic heterocycles. The minimum Gasteiger partial charge on any atom is -0.322 e. The van der Waals surface area contributed by atoms with Gasteiger partial charge in [-0.15, -0.1) is 0 Å². The lowest BCUT2D eigenvalue weighted by atomic mass is 10.0. The molecule has 0 unspecified atom stereocenters. The molecule has 2 heterocycles. The highest BCUT2D eigenvalue weighted by Gasteiger charge is 2.18. The Morgan fingerprint density at radius 2 is 1.74 bits per heavy atom. The second kappa shape index (κ2) is 9.35. The van der Waals surface area contributed by atoms with E-state index in [4.69, 9.17) is 16.6 Å². The lowest BCUT2D eigenvalue weighted by Crippen LogP contribution is -2.13. The van der Waals surface area contributed by atoms with E-state index in [0.29, 0.717) is 27.9 Å². The quantitative estimate of drug-likeness (QED) is 0.284. The minimum atomic E-state index is -0.221. The molecule has 5 aromatic rings. The number of hydrogen-bond acceptors (Lipinski definition) is 3. The molecule has 0 saturated heterocycles. The van der Waals surface area contributed by atoms with Crippen LogP contribution in [0, 0.1) is 6.92 Å². The number of para-hydroxylation sites is 1. The SMILES string of the molecule is Cc1c(-c2cc(C(=O)Nc3cccc(Cl)c3)c3ccccc3n2)cnn1-c1ccc(C(C)C)cc1. The third-order valence-corrected chi connectivity index (χ3v) is 6.37. The molecule has 0 saturated carbocycles. The average Bonchev–Trinajstić information content (AvgIpc) is 3.24. The van der Waals surface area contributed by atoms with Crippen molar-refractivity contribution in [2.45, 2.75) is 26.7 Å². The van der Waals surface area contributed by atoms with Crippen molar-refractivity contribution in [1.29, 1.82) is 0 Å². The second-order valence-electron chi connectivity index (χ2n) is 8.84. The Morgan fingerprint density at radius 1 is 0.971 bits per heavy atom. The summed E-state index contributed by atoms with van der Waals surface area (Å²) in [6.45, 7) is 6.37. The van der Waals surface area contributed by atoms with Gasteiger partial charge in [-0.1, -0.05) is 61.8 Å². The number of pyridine rings is 1. The van der Waals surface area contributed by atoms with Crippen molar-refractivity contribution >= 4 is 34.1 Å². The molecule has 0 radical (unpaired) electrons. The number of amides is 1. The molecule has 5 rings (SSSR count). The Balaban J connectivity index is 1.56. The zero-order chi connectivity index (χ0) is 24.5. The summed E-state index contributed by atoms with van der Waals surface area (Å²) < 4.78 is 1.90. The lowest BCUT2D eigenvalue weighted by molar-refractivity contribution is 0.102. The zero-order valence-corrected chi connectivity index (χ0v) is 20.5. The van der Waals surface area contributed by atoms with Crippen molar-refractivity contribution in [2.24, 2.45) is 0 Å². The first kappa shape index (κ1) is 22.8. The van der Waals surface area contributed by atoms with Gasteiger partial charge in [-0.2, -0.15) is 5.10 Å². The van der Waals surface area contributed by atoms with Gasteiger partial charge in [0.25, 0.3) is 5.91 Å². The maximum absolute atomic E-state index is 13.3. The van der Waals surface area contributed by atoms with Crippen LogP contribution in [0.4, 0.5) is 5.69 Å². The van der Waals surface area contributed by atoms with Gasteiger partial charge in [-0.25, -0.2) is 9.67 Å². The molecule has 1 amide bonds. The fraction of sp³-hybridized carbons (Fsp3) is 0.138. The van der Waals surface area contributed by atoms with Crippen LogP contribution in [0.5, 0.6) is 0 Å². The maximum atomic E-state index is 13.3. The van der Waals surface area contributed by atoms with Crippen molar-refractivity contribution in [3.63, 3.8) is 0 Å². The van der Waals surface area contributed by atoms with E-state index in [1.165, 1.54) is 5.56 Å². The molecule has 0 aliphatic carbocycles. The van der Waals surface area contributed by atoms with Crippen molar-refractivity contribution < 1.29 is 4.79 Å².